The predicted octanol–water partition coefficient (Wildman–Crippen LogP) is 5.64. The summed E-state index contributed by atoms with van der Waals surface area (Å²) < 4.78 is 5.93. The van der Waals surface area contributed by atoms with E-state index >= 15 is 0 Å². The second-order valence-electron chi connectivity index (χ2n) is 4.82. The van der Waals surface area contributed by atoms with Gasteiger partial charge in [-0.25, -0.2) is 4.98 Å². The molecule has 1 N–H and O–H groups in total. The van der Waals surface area contributed by atoms with Crippen LogP contribution in [0.1, 0.15) is 11.1 Å². The van der Waals surface area contributed by atoms with E-state index in [2.05, 4.69) is 10.3 Å². The highest BCUT2D eigenvalue weighted by atomic mass is 35.5. The lowest BCUT2D eigenvalue weighted by Crippen LogP contribution is -2.04. The summed E-state index contributed by atoms with van der Waals surface area (Å²) in [5, 5.41) is 7.42. The predicted molar refractivity (Wildman–Crippen MR) is 96.7 cm³/mol. The zero-order valence-corrected chi connectivity index (χ0v) is 14.5. The molecule has 0 amide bonds. The van der Waals surface area contributed by atoms with Crippen molar-refractivity contribution in [2.24, 2.45) is 0 Å². The second-order valence-corrected chi connectivity index (χ2v) is 6.56. The van der Waals surface area contributed by atoms with E-state index in [1.54, 1.807) is 17.5 Å². The third-order valence-electron chi connectivity index (χ3n) is 3.23. The highest BCUT2D eigenvalue weighted by molar-refractivity contribution is 7.13. The molecule has 0 spiro atoms. The fraction of sp³-hybridized carbons (Fsp3) is 0.118. The van der Waals surface area contributed by atoms with Crippen LogP contribution in [0.25, 0.3) is 0 Å². The Labute approximate surface area is 148 Å². The van der Waals surface area contributed by atoms with E-state index in [4.69, 9.17) is 27.9 Å². The average molecular weight is 365 g/mol. The molecule has 0 saturated heterocycles. The quantitative estimate of drug-likeness (QED) is 0.614. The minimum atomic E-state index is 0.408. The van der Waals surface area contributed by atoms with Crippen LogP contribution in [0.5, 0.6) is 5.75 Å². The van der Waals surface area contributed by atoms with E-state index < -0.39 is 0 Å². The summed E-state index contributed by atoms with van der Waals surface area (Å²) in [5.74, 6) is 0.776. The summed E-state index contributed by atoms with van der Waals surface area (Å²) in [6.45, 7) is 0.998. The third-order valence-corrected chi connectivity index (χ3v) is 4.56. The summed E-state index contributed by atoms with van der Waals surface area (Å²) in [7, 11) is 0. The van der Waals surface area contributed by atoms with Crippen molar-refractivity contribution in [2.75, 3.05) is 5.32 Å². The molecule has 0 radical (unpaired) electrons. The monoisotopic (exact) mass is 364 g/mol. The number of anilines is 1. The zero-order chi connectivity index (χ0) is 16.1. The smallest absolute Gasteiger partial charge is 0.182 e. The van der Waals surface area contributed by atoms with Gasteiger partial charge in [-0.2, -0.15) is 0 Å². The van der Waals surface area contributed by atoms with Crippen LogP contribution in [0.4, 0.5) is 5.13 Å². The Kier molecular flexibility index (Phi) is 5.39. The molecule has 0 saturated carbocycles. The van der Waals surface area contributed by atoms with E-state index in [1.165, 1.54) is 0 Å². The van der Waals surface area contributed by atoms with Crippen molar-refractivity contribution in [3.8, 4) is 5.75 Å². The van der Waals surface area contributed by atoms with Crippen molar-refractivity contribution in [2.45, 2.75) is 13.2 Å². The normalized spacial score (nSPS) is 10.5. The van der Waals surface area contributed by atoms with Gasteiger partial charge in [-0.15, -0.1) is 11.3 Å². The molecule has 0 aliphatic heterocycles. The summed E-state index contributed by atoms with van der Waals surface area (Å²) in [4.78, 5) is 4.20. The van der Waals surface area contributed by atoms with Gasteiger partial charge < -0.3 is 10.1 Å². The molecule has 6 heteroatoms. The zero-order valence-electron chi connectivity index (χ0n) is 12.1. The fourth-order valence-electron chi connectivity index (χ4n) is 2.08. The van der Waals surface area contributed by atoms with Gasteiger partial charge in [0.05, 0.1) is 0 Å². The Morgan fingerprint density at radius 1 is 1.09 bits per heavy atom. The van der Waals surface area contributed by atoms with E-state index in [1.807, 2.05) is 47.8 Å². The molecule has 0 unspecified atom stereocenters. The molecule has 0 aliphatic carbocycles. The maximum Gasteiger partial charge on any atom is 0.182 e. The number of aromatic nitrogens is 1. The standard InChI is InChI=1S/C17H14Cl2N2OS/c18-14-5-6-16(22-11-12-3-1-2-4-15(12)19)13(9-14)10-21-17-20-7-8-23-17/h1-9H,10-11H2,(H,20,21). The molecule has 0 fully saturated rings. The number of halogens is 2. The van der Waals surface area contributed by atoms with Crippen molar-refractivity contribution < 1.29 is 4.74 Å². The van der Waals surface area contributed by atoms with Crippen molar-refractivity contribution in [1.29, 1.82) is 0 Å². The first-order chi connectivity index (χ1) is 11.2. The van der Waals surface area contributed by atoms with Gasteiger partial charge in [0, 0.05) is 39.3 Å². The van der Waals surface area contributed by atoms with Crippen molar-refractivity contribution in [3.05, 3.63) is 75.2 Å². The molecule has 23 heavy (non-hydrogen) atoms. The summed E-state index contributed by atoms with van der Waals surface area (Å²) in [6, 6.07) is 13.2. The molecule has 0 aliphatic rings. The molecule has 2 aromatic carbocycles. The van der Waals surface area contributed by atoms with E-state index in [0.717, 1.165) is 22.0 Å². The van der Waals surface area contributed by atoms with Gasteiger partial charge in [-0.05, 0) is 24.3 Å². The Morgan fingerprint density at radius 3 is 2.74 bits per heavy atom. The molecule has 0 atom stereocenters. The SMILES string of the molecule is Clc1ccc(OCc2ccccc2Cl)c(CNc2nccs2)c1. The number of hydrogen-bond donors (Lipinski definition) is 1. The first-order valence-electron chi connectivity index (χ1n) is 7.00. The van der Waals surface area contributed by atoms with E-state index in [9.17, 15) is 0 Å². The minimum Gasteiger partial charge on any atom is -0.488 e. The van der Waals surface area contributed by atoms with Crippen molar-refractivity contribution >= 4 is 39.7 Å². The molecule has 1 aromatic heterocycles. The number of nitrogens with zero attached hydrogens (tertiary/aromatic N) is 1. The van der Waals surface area contributed by atoms with Crippen LogP contribution in [0.15, 0.2) is 54.0 Å². The Morgan fingerprint density at radius 2 is 1.96 bits per heavy atom. The first-order valence-corrected chi connectivity index (χ1v) is 8.64. The van der Waals surface area contributed by atoms with Crippen LogP contribution >= 0.6 is 34.5 Å². The highest BCUT2D eigenvalue weighted by Gasteiger charge is 2.07. The average Bonchev–Trinajstić information content (AvgIpc) is 3.07. The number of rotatable bonds is 6. The largest absolute Gasteiger partial charge is 0.488 e. The van der Waals surface area contributed by atoms with Crippen LogP contribution in [-0.2, 0) is 13.2 Å². The maximum absolute atomic E-state index is 6.16. The number of hydrogen-bond acceptors (Lipinski definition) is 4. The van der Waals surface area contributed by atoms with Gasteiger partial charge in [-0.1, -0.05) is 41.4 Å². The fourth-order valence-corrected chi connectivity index (χ4v) is 2.99. The number of benzene rings is 2. The second kappa shape index (κ2) is 7.68. The third kappa shape index (κ3) is 4.38. The minimum absolute atomic E-state index is 0.408. The molecule has 118 valence electrons. The van der Waals surface area contributed by atoms with E-state index in [0.29, 0.717) is 23.2 Å². The summed E-state index contributed by atoms with van der Waals surface area (Å²) >= 11 is 13.8. The van der Waals surface area contributed by atoms with Gasteiger partial charge >= 0.3 is 0 Å². The molecular formula is C17H14Cl2N2OS. The van der Waals surface area contributed by atoms with Crippen LogP contribution in [0.2, 0.25) is 10.0 Å². The van der Waals surface area contributed by atoms with E-state index in [-0.39, 0.29) is 0 Å². The molecule has 3 aromatic rings. The summed E-state index contributed by atoms with van der Waals surface area (Å²) in [6.07, 6.45) is 1.76. The lowest BCUT2D eigenvalue weighted by atomic mass is 10.2. The van der Waals surface area contributed by atoms with Gasteiger partial charge in [0.1, 0.15) is 12.4 Å². The highest BCUT2D eigenvalue weighted by Crippen LogP contribution is 2.26. The van der Waals surface area contributed by atoms with Crippen LogP contribution in [0.3, 0.4) is 0 Å². The first kappa shape index (κ1) is 16.1. The van der Waals surface area contributed by atoms with Gasteiger partial charge in [-0.3, -0.25) is 0 Å². The molecule has 3 nitrogen and oxygen atoms in total. The number of nitrogens with one attached hydrogen (secondary N) is 1. The van der Waals surface area contributed by atoms with Gasteiger partial charge in [0.25, 0.3) is 0 Å². The lowest BCUT2D eigenvalue weighted by molar-refractivity contribution is 0.303. The Balaban J connectivity index is 1.72. The van der Waals surface area contributed by atoms with Crippen LogP contribution in [0, 0.1) is 0 Å². The molecule has 0 bridgehead atoms. The Bertz CT molecular complexity index is 778. The van der Waals surface area contributed by atoms with Crippen LogP contribution < -0.4 is 10.1 Å². The Hall–Kier alpha value is -1.75. The summed E-state index contributed by atoms with van der Waals surface area (Å²) in [5.41, 5.74) is 1.92. The van der Waals surface area contributed by atoms with Crippen LogP contribution in [-0.4, -0.2) is 4.98 Å². The number of thiazole rings is 1. The molecule has 1 heterocycles. The molecular weight excluding hydrogens is 351 g/mol. The van der Waals surface area contributed by atoms with Crippen molar-refractivity contribution in [3.63, 3.8) is 0 Å². The van der Waals surface area contributed by atoms with Gasteiger partial charge in [0.2, 0.25) is 0 Å². The number of ether oxygens (including phenoxy) is 1. The van der Waals surface area contributed by atoms with Gasteiger partial charge in [0.15, 0.2) is 5.13 Å². The lowest BCUT2D eigenvalue weighted by Gasteiger charge is -2.13. The topological polar surface area (TPSA) is 34.1 Å². The van der Waals surface area contributed by atoms with Crippen molar-refractivity contribution in [1.82, 2.24) is 4.98 Å². The maximum atomic E-state index is 6.16. The molecule has 3 rings (SSSR count).